The molecule has 140 valence electrons. The summed E-state index contributed by atoms with van der Waals surface area (Å²) in [5.41, 5.74) is 0.850. The summed E-state index contributed by atoms with van der Waals surface area (Å²) in [4.78, 5) is 21.1. The van der Waals surface area contributed by atoms with Crippen molar-refractivity contribution in [1.29, 1.82) is 0 Å². The molecule has 0 N–H and O–H groups in total. The van der Waals surface area contributed by atoms with Gasteiger partial charge in [-0.15, -0.1) is 0 Å². The molecule has 0 radical (unpaired) electrons. The van der Waals surface area contributed by atoms with E-state index in [1.54, 1.807) is 4.90 Å². The van der Waals surface area contributed by atoms with Gasteiger partial charge < -0.3 is 18.9 Å². The molecule has 1 atom stereocenters. The Kier molecular flexibility index (Phi) is 5.41. The summed E-state index contributed by atoms with van der Waals surface area (Å²) in [5, 5.41) is 3.89. The second-order valence-electron chi connectivity index (χ2n) is 6.29. The number of rotatable bonds is 7. The zero-order valence-electron chi connectivity index (χ0n) is 15.6. The molecule has 2 heterocycles. The Labute approximate surface area is 152 Å². The van der Waals surface area contributed by atoms with Crippen molar-refractivity contribution in [3.8, 4) is 11.5 Å². The minimum Gasteiger partial charge on any atom is -0.454 e. The van der Waals surface area contributed by atoms with E-state index in [1.165, 1.54) is 0 Å². The number of amides is 1. The highest BCUT2D eigenvalue weighted by Gasteiger charge is 2.29. The van der Waals surface area contributed by atoms with Crippen LogP contribution in [0, 0.1) is 0 Å². The molecule has 0 bridgehead atoms. The summed E-state index contributed by atoms with van der Waals surface area (Å²) in [6, 6.07) is 5.15. The Balaban J connectivity index is 1.82. The molecule has 8 nitrogen and oxygen atoms in total. The third kappa shape index (κ3) is 3.65. The quantitative estimate of drug-likeness (QED) is 0.747. The van der Waals surface area contributed by atoms with E-state index in [4.69, 9.17) is 14.0 Å². The number of carbonyl (C=O) groups excluding carboxylic acids is 1. The van der Waals surface area contributed by atoms with Crippen LogP contribution in [0.4, 0.5) is 0 Å². The summed E-state index contributed by atoms with van der Waals surface area (Å²) in [7, 11) is 3.76. The zero-order valence-corrected chi connectivity index (χ0v) is 15.6. The van der Waals surface area contributed by atoms with Crippen LogP contribution >= 0.6 is 0 Å². The number of ether oxygens (including phenoxy) is 2. The highest BCUT2D eigenvalue weighted by molar-refractivity contribution is 5.83. The van der Waals surface area contributed by atoms with Crippen molar-refractivity contribution in [3.05, 3.63) is 35.5 Å². The van der Waals surface area contributed by atoms with Crippen molar-refractivity contribution >= 4 is 5.91 Å². The predicted octanol–water partition coefficient (Wildman–Crippen LogP) is 2.01. The van der Waals surface area contributed by atoms with E-state index >= 15 is 0 Å². The molecule has 0 fully saturated rings. The average Bonchev–Trinajstić information content (AvgIpc) is 3.27. The SMILES string of the molecule is CCc1noc(CN(CC)C(=O)[C@@H](c2ccc3c(c2)OCO3)N(C)C)n1. The highest BCUT2D eigenvalue weighted by atomic mass is 16.7. The van der Waals surface area contributed by atoms with E-state index in [2.05, 4.69) is 10.1 Å². The molecular formula is C18H24N4O4. The monoisotopic (exact) mass is 360 g/mol. The van der Waals surface area contributed by atoms with Crippen molar-refractivity contribution in [3.63, 3.8) is 0 Å². The molecule has 0 unspecified atom stereocenters. The number of aryl methyl sites for hydroxylation is 1. The third-order valence-corrected chi connectivity index (χ3v) is 4.31. The minimum absolute atomic E-state index is 0.0346. The summed E-state index contributed by atoms with van der Waals surface area (Å²) >= 11 is 0. The Morgan fingerprint density at radius 2 is 2.00 bits per heavy atom. The maximum atomic E-state index is 13.2. The number of fused-ring (bicyclic) bond motifs is 1. The second kappa shape index (κ2) is 7.74. The van der Waals surface area contributed by atoms with Gasteiger partial charge in [-0.3, -0.25) is 9.69 Å². The number of hydrogen-bond donors (Lipinski definition) is 0. The van der Waals surface area contributed by atoms with Gasteiger partial charge in [0.15, 0.2) is 17.3 Å². The maximum absolute atomic E-state index is 13.2. The summed E-state index contributed by atoms with van der Waals surface area (Å²) in [6.45, 7) is 4.92. The molecule has 0 saturated heterocycles. The molecular weight excluding hydrogens is 336 g/mol. The maximum Gasteiger partial charge on any atom is 0.246 e. The highest BCUT2D eigenvalue weighted by Crippen LogP contribution is 2.35. The van der Waals surface area contributed by atoms with Crippen LogP contribution in [0.5, 0.6) is 11.5 Å². The van der Waals surface area contributed by atoms with Crippen LogP contribution < -0.4 is 9.47 Å². The number of benzene rings is 1. The standard InChI is InChI=1S/C18H24N4O4/c1-5-15-19-16(26-20-15)10-22(6-2)18(23)17(21(3)4)12-7-8-13-14(9-12)25-11-24-13/h7-9,17H,5-6,10-11H2,1-4H3/t17-/m1/s1. The van der Waals surface area contributed by atoms with Crippen molar-refractivity contribution in [2.45, 2.75) is 32.9 Å². The number of likely N-dealkylation sites (N-methyl/N-ethyl adjacent to an activating group) is 2. The van der Waals surface area contributed by atoms with Gasteiger partial charge in [-0.25, -0.2) is 0 Å². The van der Waals surface area contributed by atoms with Crippen molar-refractivity contribution in [2.75, 3.05) is 27.4 Å². The Bertz CT molecular complexity index is 774. The van der Waals surface area contributed by atoms with Gasteiger partial charge in [-0.05, 0) is 38.7 Å². The molecule has 26 heavy (non-hydrogen) atoms. The summed E-state index contributed by atoms with van der Waals surface area (Å²) in [6.07, 6.45) is 0.696. The molecule has 0 spiro atoms. The van der Waals surface area contributed by atoms with Gasteiger partial charge in [-0.2, -0.15) is 4.98 Å². The minimum atomic E-state index is -0.446. The Hall–Kier alpha value is -2.61. The largest absolute Gasteiger partial charge is 0.454 e. The van der Waals surface area contributed by atoms with Crippen LogP contribution in [0.2, 0.25) is 0 Å². The number of aromatic nitrogens is 2. The van der Waals surface area contributed by atoms with E-state index in [0.717, 1.165) is 5.56 Å². The first kappa shape index (κ1) is 18.2. The normalized spacial score (nSPS) is 13.9. The fourth-order valence-corrected chi connectivity index (χ4v) is 2.92. The van der Waals surface area contributed by atoms with Crippen LogP contribution in [0.1, 0.15) is 37.2 Å². The lowest BCUT2D eigenvalue weighted by molar-refractivity contribution is -0.137. The van der Waals surface area contributed by atoms with E-state index in [0.29, 0.717) is 36.2 Å². The van der Waals surface area contributed by atoms with Gasteiger partial charge in [0.2, 0.25) is 18.6 Å². The fraction of sp³-hybridized carbons (Fsp3) is 0.500. The lowest BCUT2D eigenvalue weighted by Crippen LogP contribution is -2.40. The zero-order chi connectivity index (χ0) is 18.7. The smallest absolute Gasteiger partial charge is 0.246 e. The Morgan fingerprint density at radius 3 is 2.65 bits per heavy atom. The van der Waals surface area contributed by atoms with Crippen LogP contribution in [0.25, 0.3) is 0 Å². The predicted molar refractivity (Wildman–Crippen MR) is 93.8 cm³/mol. The molecule has 1 aliphatic heterocycles. The van der Waals surface area contributed by atoms with E-state index in [-0.39, 0.29) is 19.2 Å². The van der Waals surface area contributed by atoms with Crippen molar-refractivity contribution in [2.24, 2.45) is 0 Å². The van der Waals surface area contributed by atoms with Gasteiger partial charge in [0.1, 0.15) is 12.6 Å². The molecule has 3 rings (SSSR count). The summed E-state index contributed by atoms with van der Waals surface area (Å²) in [5.74, 6) is 2.41. The average molecular weight is 360 g/mol. The Morgan fingerprint density at radius 1 is 1.23 bits per heavy atom. The van der Waals surface area contributed by atoms with Crippen molar-refractivity contribution < 1.29 is 18.8 Å². The molecule has 2 aromatic rings. The molecule has 0 saturated carbocycles. The summed E-state index contributed by atoms with van der Waals surface area (Å²) < 4.78 is 16.0. The lowest BCUT2D eigenvalue weighted by Gasteiger charge is -2.29. The van der Waals surface area contributed by atoms with E-state index < -0.39 is 6.04 Å². The molecule has 8 heteroatoms. The molecule has 1 aromatic carbocycles. The second-order valence-corrected chi connectivity index (χ2v) is 6.29. The van der Waals surface area contributed by atoms with Gasteiger partial charge >= 0.3 is 0 Å². The third-order valence-electron chi connectivity index (χ3n) is 4.31. The van der Waals surface area contributed by atoms with Gasteiger partial charge in [0, 0.05) is 13.0 Å². The lowest BCUT2D eigenvalue weighted by atomic mass is 10.0. The molecule has 0 aliphatic carbocycles. The first-order chi connectivity index (χ1) is 12.5. The van der Waals surface area contributed by atoms with Gasteiger partial charge in [0.05, 0.1) is 0 Å². The van der Waals surface area contributed by atoms with Crippen LogP contribution in [-0.4, -0.2) is 53.3 Å². The molecule has 1 aliphatic rings. The topological polar surface area (TPSA) is 80.9 Å². The van der Waals surface area contributed by atoms with E-state index in [1.807, 2.05) is 51.0 Å². The van der Waals surface area contributed by atoms with Crippen LogP contribution in [-0.2, 0) is 17.8 Å². The number of carbonyl (C=O) groups is 1. The van der Waals surface area contributed by atoms with Crippen LogP contribution in [0.15, 0.2) is 22.7 Å². The van der Waals surface area contributed by atoms with Gasteiger partial charge in [0.25, 0.3) is 0 Å². The number of nitrogens with zero attached hydrogens (tertiary/aromatic N) is 4. The molecule has 1 amide bonds. The van der Waals surface area contributed by atoms with Crippen molar-refractivity contribution in [1.82, 2.24) is 19.9 Å². The first-order valence-electron chi connectivity index (χ1n) is 8.69. The van der Waals surface area contributed by atoms with Crippen LogP contribution in [0.3, 0.4) is 0 Å². The molecule has 1 aromatic heterocycles. The van der Waals surface area contributed by atoms with Gasteiger partial charge in [-0.1, -0.05) is 18.1 Å². The first-order valence-corrected chi connectivity index (χ1v) is 8.69. The number of hydrogen-bond acceptors (Lipinski definition) is 7. The fourth-order valence-electron chi connectivity index (χ4n) is 2.92. The van der Waals surface area contributed by atoms with E-state index in [9.17, 15) is 4.79 Å².